The van der Waals surface area contributed by atoms with Crippen LogP contribution in [0.2, 0.25) is 0 Å². The number of nitrogens with one attached hydrogen (secondary N) is 2. The summed E-state index contributed by atoms with van der Waals surface area (Å²) in [5.41, 5.74) is 1.00. The fraction of sp³-hybridized carbons (Fsp3) is 0.444. The van der Waals surface area contributed by atoms with Crippen LogP contribution in [0.5, 0.6) is 5.88 Å². The van der Waals surface area contributed by atoms with Crippen molar-refractivity contribution in [3.8, 4) is 5.88 Å². The predicted octanol–water partition coefficient (Wildman–Crippen LogP) is 3.23. The minimum Gasteiger partial charge on any atom is -0.477 e. The van der Waals surface area contributed by atoms with Gasteiger partial charge in [-0.25, -0.2) is 9.98 Å². The zero-order valence-electron chi connectivity index (χ0n) is 14.4. The van der Waals surface area contributed by atoms with Gasteiger partial charge in [-0.3, -0.25) is 0 Å². The number of aromatic nitrogens is 1. The number of thiophene rings is 1. The largest absolute Gasteiger partial charge is 0.477 e. The maximum atomic E-state index is 5.69. The van der Waals surface area contributed by atoms with Crippen LogP contribution in [-0.2, 0) is 13.0 Å². The molecule has 0 atom stereocenters. The number of aliphatic imine (C=N–C) groups is 1. The Labute approximate surface area is 148 Å². The summed E-state index contributed by atoms with van der Waals surface area (Å²) in [4.78, 5) is 10.3. The average molecular weight is 347 g/mol. The first-order chi connectivity index (χ1) is 11.8. The lowest BCUT2D eigenvalue weighted by molar-refractivity contribution is 0.302. The van der Waals surface area contributed by atoms with Crippen LogP contribution in [0.1, 0.15) is 30.7 Å². The summed E-state index contributed by atoms with van der Waals surface area (Å²) in [6, 6.07) is 8.17. The highest BCUT2D eigenvalue weighted by molar-refractivity contribution is 7.09. The molecule has 5 nitrogen and oxygen atoms in total. The molecular weight excluding hydrogens is 320 g/mol. The van der Waals surface area contributed by atoms with E-state index < -0.39 is 0 Å². The van der Waals surface area contributed by atoms with E-state index in [-0.39, 0.29) is 0 Å². The van der Waals surface area contributed by atoms with Gasteiger partial charge >= 0.3 is 0 Å². The van der Waals surface area contributed by atoms with Gasteiger partial charge in [0.25, 0.3) is 0 Å². The van der Waals surface area contributed by atoms with Crippen molar-refractivity contribution < 1.29 is 4.74 Å². The summed E-state index contributed by atoms with van der Waals surface area (Å²) < 4.78 is 5.69. The molecule has 2 aromatic rings. The lowest BCUT2D eigenvalue weighted by Gasteiger charge is -2.12. The minimum atomic E-state index is 0.543. The van der Waals surface area contributed by atoms with Crippen LogP contribution < -0.4 is 15.4 Å². The van der Waals surface area contributed by atoms with Crippen molar-refractivity contribution in [3.05, 3.63) is 46.3 Å². The van der Waals surface area contributed by atoms with Crippen LogP contribution in [0.25, 0.3) is 0 Å². The number of rotatable bonds is 9. The molecule has 0 saturated carbocycles. The van der Waals surface area contributed by atoms with Crippen molar-refractivity contribution in [2.24, 2.45) is 4.99 Å². The Morgan fingerprint density at radius 3 is 2.92 bits per heavy atom. The molecule has 0 radical (unpaired) electrons. The average Bonchev–Trinajstić information content (AvgIpc) is 3.12. The van der Waals surface area contributed by atoms with E-state index in [4.69, 9.17) is 4.74 Å². The first-order valence-corrected chi connectivity index (χ1v) is 9.32. The standard InChI is InChI=1S/C18H26N4OS/c1-3-12-23-17-15(7-5-10-20-17)14-22-18(19-4-2)21-11-9-16-8-6-13-24-16/h5-8,10,13H,3-4,9,11-12,14H2,1-2H3,(H2,19,21,22). The Morgan fingerprint density at radius 2 is 2.17 bits per heavy atom. The van der Waals surface area contributed by atoms with Crippen molar-refractivity contribution in [1.29, 1.82) is 0 Å². The smallest absolute Gasteiger partial charge is 0.218 e. The number of ether oxygens (including phenoxy) is 1. The molecular formula is C18H26N4OS. The molecule has 0 bridgehead atoms. The molecule has 0 amide bonds. The fourth-order valence-corrected chi connectivity index (χ4v) is 2.85. The summed E-state index contributed by atoms with van der Waals surface area (Å²) in [5.74, 6) is 1.50. The SMILES string of the molecule is CCCOc1ncccc1CN=C(NCC)NCCc1cccs1. The van der Waals surface area contributed by atoms with Crippen LogP contribution in [0.3, 0.4) is 0 Å². The third-order valence-corrected chi connectivity index (χ3v) is 4.22. The van der Waals surface area contributed by atoms with Crippen molar-refractivity contribution in [1.82, 2.24) is 15.6 Å². The monoisotopic (exact) mass is 346 g/mol. The van der Waals surface area contributed by atoms with E-state index in [1.807, 2.05) is 12.1 Å². The fourth-order valence-electron chi connectivity index (χ4n) is 2.14. The third kappa shape index (κ3) is 6.20. The van der Waals surface area contributed by atoms with Gasteiger partial charge in [0.15, 0.2) is 5.96 Å². The summed E-state index contributed by atoms with van der Waals surface area (Å²) in [7, 11) is 0. The molecule has 24 heavy (non-hydrogen) atoms. The van der Waals surface area contributed by atoms with E-state index in [1.165, 1.54) is 4.88 Å². The van der Waals surface area contributed by atoms with Gasteiger partial charge in [-0.15, -0.1) is 11.3 Å². The highest BCUT2D eigenvalue weighted by Crippen LogP contribution is 2.15. The molecule has 0 aromatic carbocycles. The number of guanidine groups is 1. The molecule has 0 spiro atoms. The van der Waals surface area contributed by atoms with E-state index in [9.17, 15) is 0 Å². The van der Waals surface area contributed by atoms with E-state index in [2.05, 4.69) is 52.0 Å². The van der Waals surface area contributed by atoms with Gasteiger partial charge in [0.1, 0.15) is 0 Å². The Kier molecular flexibility index (Phi) is 8.10. The summed E-state index contributed by atoms with van der Waals surface area (Å²) in [6.07, 6.45) is 3.72. The van der Waals surface area contributed by atoms with Crippen molar-refractivity contribution in [3.63, 3.8) is 0 Å². The number of nitrogens with zero attached hydrogens (tertiary/aromatic N) is 2. The number of hydrogen-bond donors (Lipinski definition) is 2. The molecule has 6 heteroatoms. The lowest BCUT2D eigenvalue weighted by Crippen LogP contribution is -2.38. The molecule has 0 aliphatic rings. The lowest BCUT2D eigenvalue weighted by atomic mass is 10.3. The second-order valence-corrected chi connectivity index (χ2v) is 6.30. The topological polar surface area (TPSA) is 58.5 Å². The molecule has 0 unspecified atom stereocenters. The summed E-state index contributed by atoms with van der Waals surface area (Å²) in [5, 5.41) is 8.76. The highest BCUT2D eigenvalue weighted by Gasteiger charge is 2.05. The van der Waals surface area contributed by atoms with E-state index >= 15 is 0 Å². The quantitative estimate of drug-likeness (QED) is 0.541. The number of hydrogen-bond acceptors (Lipinski definition) is 4. The van der Waals surface area contributed by atoms with Crippen LogP contribution >= 0.6 is 11.3 Å². The Morgan fingerprint density at radius 1 is 1.25 bits per heavy atom. The van der Waals surface area contributed by atoms with Gasteiger partial charge in [0, 0.05) is 29.7 Å². The maximum absolute atomic E-state index is 5.69. The van der Waals surface area contributed by atoms with E-state index in [0.717, 1.165) is 37.5 Å². The van der Waals surface area contributed by atoms with E-state index in [1.54, 1.807) is 17.5 Å². The highest BCUT2D eigenvalue weighted by atomic mass is 32.1. The predicted molar refractivity (Wildman–Crippen MR) is 101 cm³/mol. The van der Waals surface area contributed by atoms with Gasteiger partial charge in [-0.2, -0.15) is 0 Å². The van der Waals surface area contributed by atoms with Gasteiger partial charge in [-0.05, 0) is 37.3 Å². The van der Waals surface area contributed by atoms with Gasteiger partial charge in [-0.1, -0.05) is 19.1 Å². The zero-order chi connectivity index (χ0) is 17.0. The summed E-state index contributed by atoms with van der Waals surface area (Å²) >= 11 is 1.78. The van der Waals surface area contributed by atoms with Crippen LogP contribution in [-0.4, -0.2) is 30.6 Å². The molecule has 2 rings (SSSR count). The molecule has 2 aromatic heterocycles. The van der Waals surface area contributed by atoms with Gasteiger partial charge in [0.2, 0.25) is 5.88 Å². The molecule has 0 aliphatic carbocycles. The molecule has 0 saturated heterocycles. The van der Waals surface area contributed by atoms with Crippen LogP contribution in [0.15, 0.2) is 40.8 Å². The molecule has 0 aliphatic heterocycles. The first kappa shape index (κ1) is 18.3. The maximum Gasteiger partial charge on any atom is 0.218 e. The second-order valence-electron chi connectivity index (χ2n) is 5.27. The Hall–Kier alpha value is -2.08. The van der Waals surface area contributed by atoms with Gasteiger partial charge in [0.05, 0.1) is 13.2 Å². The van der Waals surface area contributed by atoms with Crippen molar-refractivity contribution in [2.75, 3.05) is 19.7 Å². The summed E-state index contributed by atoms with van der Waals surface area (Å²) in [6.45, 7) is 7.06. The van der Waals surface area contributed by atoms with Crippen molar-refractivity contribution in [2.45, 2.75) is 33.2 Å². The Bertz CT molecular complexity index is 613. The Balaban J connectivity index is 1.92. The third-order valence-electron chi connectivity index (χ3n) is 3.29. The molecule has 130 valence electrons. The van der Waals surface area contributed by atoms with Crippen LogP contribution in [0, 0.1) is 0 Å². The van der Waals surface area contributed by atoms with Crippen molar-refractivity contribution >= 4 is 17.3 Å². The van der Waals surface area contributed by atoms with E-state index in [0.29, 0.717) is 19.0 Å². The molecule has 2 N–H and O–H groups in total. The minimum absolute atomic E-state index is 0.543. The van der Waals surface area contributed by atoms with Crippen LogP contribution in [0.4, 0.5) is 0 Å². The molecule has 0 fully saturated rings. The van der Waals surface area contributed by atoms with Gasteiger partial charge < -0.3 is 15.4 Å². The normalized spacial score (nSPS) is 11.3. The molecule has 2 heterocycles. The first-order valence-electron chi connectivity index (χ1n) is 8.44. The number of pyridine rings is 1. The zero-order valence-corrected chi connectivity index (χ0v) is 15.2. The second kappa shape index (κ2) is 10.6.